The molecule has 0 saturated carbocycles. The summed E-state index contributed by atoms with van der Waals surface area (Å²) in [5.74, 6) is 1.32. The molecule has 3 N–H and O–H groups in total. The van der Waals surface area contributed by atoms with E-state index in [1.165, 1.54) is 5.56 Å². The van der Waals surface area contributed by atoms with E-state index in [-0.39, 0.29) is 17.1 Å². The summed E-state index contributed by atoms with van der Waals surface area (Å²) < 4.78 is 11.0. The lowest BCUT2D eigenvalue weighted by atomic mass is 9.88. The summed E-state index contributed by atoms with van der Waals surface area (Å²) >= 11 is 0. The largest absolute Gasteiger partial charge is 0.457 e. The molecule has 0 aliphatic heterocycles. The maximum absolute atomic E-state index is 12.7. The molecule has 0 aliphatic rings. The molecule has 0 atom stereocenters. The van der Waals surface area contributed by atoms with E-state index in [1.54, 1.807) is 25.3 Å². The molecule has 0 saturated heterocycles. The van der Waals surface area contributed by atoms with Crippen LogP contribution in [0.4, 0.5) is 11.5 Å². The number of carbonyl (C=O) groups excluding carboxylic acids is 1. The topological polar surface area (TPSA) is 86.5 Å². The van der Waals surface area contributed by atoms with Crippen molar-refractivity contribution in [3.63, 3.8) is 0 Å². The number of ether oxygens (including phenoxy) is 2. The van der Waals surface area contributed by atoms with E-state index in [0.717, 1.165) is 23.4 Å². The fourth-order valence-corrected chi connectivity index (χ4v) is 3.36. The van der Waals surface area contributed by atoms with Gasteiger partial charge >= 0.3 is 0 Å². The fourth-order valence-electron chi connectivity index (χ4n) is 3.36. The molecule has 3 aromatic rings. The first-order valence-electron chi connectivity index (χ1n) is 10.6. The number of rotatable bonds is 7. The second-order valence-corrected chi connectivity index (χ2v) is 9.08. The Hall–Kier alpha value is -3.38. The van der Waals surface area contributed by atoms with Crippen LogP contribution in [0.15, 0.2) is 54.6 Å². The molecule has 0 aliphatic carbocycles. The first kappa shape index (κ1) is 23.3. The molecule has 0 bridgehead atoms. The van der Waals surface area contributed by atoms with Gasteiger partial charge in [-0.25, -0.2) is 4.98 Å². The minimum absolute atomic E-state index is 0.176. The van der Waals surface area contributed by atoms with Gasteiger partial charge in [-0.1, -0.05) is 32.9 Å². The average Bonchev–Trinajstić information content (AvgIpc) is 2.72. The van der Waals surface area contributed by atoms with Crippen LogP contribution in [-0.2, 0) is 17.8 Å². The molecular weight excluding hydrogens is 402 g/mol. The predicted octanol–water partition coefficient (Wildman–Crippen LogP) is 5.75. The minimum atomic E-state index is -0.315. The monoisotopic (exact) mass is 433 g/mol. The number of nitrogens with zero attached hydrogens (tertiary/aromatic N) is 1. The molecule has 2 aromatic carbocycles. The fraction of sp³-hybridized carbons (Fsp3) is 0.308. The highest BCUT2D eigenvalue weighted by molar-refractivity contribution is 6.07. The van der Waals surface area contributed by atoms with E-state index in [4.69, 9.17) is 15.2 Å². The zero-order chi connectivity index (χ0) is 23.3. The Morgan fingerprint density at radius 1 is 1.03 bits per heavy atom. The van der Waals surface area contributed by atoms with Crippen LogP contribution < -0.4 is 15.8 Å². The van der Waals surface area contributed by atoms with Crippen molar-refractivity contribution < 1.29 is 14.3 Å². The van der Waals surface area contributed by atoms with E-state index in [2.05, 4.69) is 43.2 Å². The van der Waals surface area contributed by atoms with E-state index < -0.39 is 0 Å². The van der Waals surface area contributed by atoms with Crippen LogP contribution in [0.1, 0.15) is 48.0 Å². The highest BCUT2D eigenvalue weighted by atomic mass is 16.5. The molecule has 1 aromatic heterocycles. The van der Waals surface area contributed by atoms with Crippen molar-refractivity contribution in [3.8, 4) is 11.5 Å². The summed E-state index contributed by atoms with van der Waals surface area (Å²) in [7, 11) is 1.59. The molecule has 0 fully saturated rings. The lowest BCUT2D eigenvalue weighted by Crippen LogP contribution is -2.16. The Labute approximate surface area is 189 Å². The Kier molecular flexibility index (Phi) is 7.15. The quantitative estimate of drug-likeness (QED) is 0.495. The van der Waals surface area contributed by atoms with Gasteiger partial charge in [-0.3, -0.25) is 4.79 Å². The van der Waals surface area contributed by atoms with Crippen molar-refractivity contribution >= 4 is 17.4 Å². The standard InChI is InChI=1S/C26H31N3O3/c1-17-14-22(24(27)29-23(17)16-31-5)25(30)28-19-8-12-21(13-9-19)32-20-10-6-18(7-11-20)15-26(2,3)4/h6-14H,15-16H2,1-5H3,(H2,27,29)(H,28,30). The first-order chi connectivity index (χ1) is 15.1. The number of hydrogen-bond acceptors (Lipinski definition) is 5. The number of aromatic nitrogens is 1. The van der Waals surface area contributed by atoms with Crippen molar-refractivity contribution in [1.82, 2.24) is 4.98 Å². The average molecular weight is 434 g/mol. The summed E-state index contributed by atoms with van der Waals surface area (Å²) in [6.07, 6.45) is 1.01. The van der Waals surface area contributed by atoms with Crippen molar-refractivity contribution in [3.05, 3.63) is 77.0 Å². The van der Waals surface area contributed by atoms with Crippen molar-refractivity contribution in [2.24, 2.45) is 5.41 Å². The van der Waals surface area contributed by atoms with Crippen LogP contribution in [0.2, 0.25) is 0 Å². The Balaban J connectivity index is 1.63. The second kappa shape index (κ2) is 9.83. The number of amides is 1. The van der Waals surface area contributed by atoms with Gasteiger partial charge < -0.3 is 20.5 Å². The summed E-state index contributed by atoms with van der Waals surface area (Å²) in [6, 6.07) is 17.1. The number of methoxy groups -OCH3 is 1. The molecule has 0 spiro atoms. The SMILES string of the molecule is COCc1nc(N)c(C(=O)Nc2ccc(Oc3ccc(CC(C)(C)C)cc3)cc2)cc1C. The molecular formula is C26H31N3O3. The lowest BCUT2D eigenvalue weighted by molar-refractivity contribution is 0.102. The molecule has 6 nitrogen and oxygen atoms in total. The predicted molar refractivity (Wildman–Crippen MR) is 128 cm³/mol. The minimum Gasteiger partial charge on any atom is -0.457 e. The summed E-state index contributed by atoms with van der Waals surface area (Å²) in [6.45, 7) is 8.89. The number of carbonyl (C=O) groups is 1. The number of pyridine rings is 1. The van der Waals surface area contributed by atoms with Crippen molar-refractivity contribution in [2.75, 3.05) is 18.2 Å². The van der Waals surface area contributed by atoms with Gasteiger partial charge in [0.25, 0.3) is 5.91 Å². The highest BCUT2D eigenvalue weighted by Gasteiger charge is 2.15. The first-order valence-corrected chi connectivity index (χ1v) is 10.6. The maximum Gasteiger partial charge on any atom is 0.259 e. The number of nitrogens with two attached hydrogens (primary N) is 1. The summed E-state index contributed by atoms with van der Waals surface area (Å²) in [4.78, 5) is 17.0. The van der Waals surface area contributed by atoms with E-state index in [9.17, 15) is 4.79 Å². The number of benzene rings is 2. The van der Waals surface area contributed by atoms with Gasteiger partial charge in [0.1, 0.15) is 17.3 Å². The molecule has 168 valence electrons. The molecule has 0 radical (unpaired) electrons. The van der Waals surface area contributed by atoms with Gasteiger partial charge in [-0.15, -0.1) is 0 Å². The number of aryl methyl sites for hydroxylation is 1. The van der Waals surface area contributed by atoms with Gasteiger partial charge in [0.2, 0.25) is 0 Å². The highest BCUT2D eigenvalue weighted by Crippen LogP contribution is 2.26. The number of nitrogens with one attached hydrogen (secondary N) is 1. The second-order valence-electron chi connectivity index (χ2n) is 9.08. The maximum atomic E-state index is 12.7. The number of hydrogen-bond donors (Lipinski definition) is 2. The zero-order valence-corrected chi connectivity index (χ0v) is 19.4. The van der Waals surface area contributed by atoms with E-state index in [0.29, 0.717) is 23.6 Å². The lowest BCUT2D eigenvalue weighted by Gasteiger charge is -2.18. The van der Waals surface area contributed by atoms with Gasteiger partial charge in [-0.2, -0.15) is 0 Å². The van der Waals surface area contributed by atoms with Crippen LogP contribution in [0.5, 0.6) is 11.5 Å². The van der Waals surface area contributed by atoms with Gasteiger partial charge in [-0.05, 0) is 72.4 Å². The molecule has 3 rings (SSSR count). The smallest absolute Gasteiger partial charge is 0.259 e. The van der Waals surface area contributed by atoms with Crippen LogP contribution in [0, 0.1) is 12.3 Å². The van der Waals surface area contributed by atoms with E-state index >= 15 is 0 Å². The number of anilines is 2. The zero-order valence-electron chi connectivity index (χ0n) is 19.4. The number of nitrogen functional groups attached to an aromatic ring is 1. The molecule has 0 unspecified atom stereocenters. The van der Waals surface area contributed by atoms with Crippen LogP contribution in [0.3, 0.4) is 0 Å². The van der Waals surface area contributed by atoms with Crippen molar-refractivity contribution in [2.45, 2.75) is 40.7 Å². The summed E-state index contributed by atoms with van der Waals surface area (Å²) in [5.41, 5.74) is 10.0. The summed E-state index contributed by atoms with van der Waals surface area (Å²) in [5, 5.41) is 2.85. The Morgan fingerprint density at radius 2 is 1.62 bits per heavy atom. The van der Waals surface area contributed by atoms with Crippen LogP contribution in [-0.4, -0.2) is 18.0 Å². The molecule has 1 heterocycles. The van der Waals surface area contributed by atoms with E-state index in [1.807, 2.05) is 31.2 Å². The third-order valence-corrected chi connectivity index (χ3v) is 4.88. The van der Waals surface area contributed by atoms with Gasteiger partial charge in [0.15, 0.2) is 0 Å². The third kappa shape index (κ3) is 6.31. The van der Waals surface area contributed by atoms with Crippen molar-refractivity contribution in [1.29, 1.82) is 0 Å². The van der Waals surface area contributed by atoms with Crippen LogP contribution >= 0.6 is 0 Å². The normalized spacial score (nSPS) is 11.3. The third-order valence-electron chi connectivity index (χ3n) is 4.88. The van der Waals surface area contributed by atoms with Gasteiger partial charge in [0, 0.05) is 12.8 Å². The Bertz CT molecular complexity index is 1070. The molecule has 6 heteroatoms. The molecule has 32 heavy (non-hydrogen) atoms. The molecule has 1 amide bonds. The van der Waals surface area contributed by atoms with Gasteiger partial charge in [0.05, 0.1) is 17.9 Å². The Morgan fingerprint density at radius 3 is 2.19 bits per heavy atom. The van der Waals surface area contributed by atoms with Crippen LogP contribution in [0.25, 0.3) is 0 Å².